The van der Waals surface area contributed by atoms with Crippen LogP contribution in [0.25, 0.3) is 0 Å². The maximum atomic E-state index is 13.2. The highest BCUT2D eigenvalue weighted by atomic mass is 32.2. The molecule has 4 rings (SSSR count). The van der Waals surface area contributed by atoms with Crippen LogP contribution in [-0.2, 0) is 4.79 Å². The number of hydrogen-bond donors (Lipinski definition) is 0. The highest BCUT2D eigenvalue weighted by Gasteiger charge is 2.45. The molecule has 27 heavy (non-hydrogen) atoms. The summed E-state index contributed by atoms with van der Waals surface area (Å²) in [6.07, 6.45) is 1.44. The summed E-state index contributed by atoms with van der Waals surface area (Å²) in [5, 5.41) is 11.1. The fourth-order valence-corrected chi connectivity index (χ4v) is 5.59. The molecule has 0 saturated carbocycles. The lowest BCUT2D eigenvalue weighted by atomic mass is 9.69. The minimum absolute atomic E-state index is 0.0300. The number of allylic oxidation sites excluding steroid dienone is 3. The second-order valence-electron chi connectivity index (χ2n) is 8.55. The first kappa shape index (κ1) is 18.2. The maximum Gasteiger partial charge on any atom is 0.162 e. The fraction of sp³-hybridized carbons (Fsp3) is 0.455. The van der Waals surface area contributed by atoms with Gasteiger partial charge in [-0.15, -0.1) is 11.8 Å². The van der Waals surface area contributed by atoms with Gasteiger partial charge in [-0.3, -0.25) is 4.79 Å². The zero-order valence-electron chi connectivity index (χ0n) is 16.4. The van der Waals surface area contributed by atoms with E-state index in [4.69, 9.17) is 0 Å². The molecule has 1 unspecified atom stereocenters. The van der Waals surface area contributed by atoms with Crippen molar-refractivity contribution < 1.29 is 4.79 Å². The number of rotatable bonds is 2. The maximum absolute atomic E-state index is 13.2. The van der Waals surface area contributed by atoms with Gasteiger partial charge in [0.05, 0.1) is 22.6 Å². The summed E-state index contributed by atoms with van der Waals surface area (Å²) < 4.78 is 0. The third-order valence-corrected chi connectivity index (χ3v) is 6.79. The Balaban J connectivity index is 1.89. The molecule has 1 aromatic rings. The van der Waals surface area contributed by atoms with Crippen molar-refractivity contribution in [2.45, 2.75) is 32.6 Å². The van der Waals surface area contributed by atoms with Gasteiger partial charge in [0.1, 0.15) is 0 Å². The Morgan fingerprint density at radius 2 is 1.93 bits per heavy atom. The molecule has 0 amide bonds. The van der Waals surface area contributed by atoms with Crippen LogP contribution >= 0.6 is 11.8 Å². The van der Waals surface area contributed by atoms with Crippen LogP contribution < -0.4 is 4.90 Å². The van der Waals surface area contributed by atoms with Gasteiger partial charge in [0.2, 0.25) is 0 Å². The molecule has 0 aromatic heterocycles. The second-order valence-corrected chi connectivity index (χ2v) is 9.63. The van der Waals surface area contributed by atoms with E-state index in [0.29, 0.717) is 6.42 Å². The largest absolute Gasteiger partial charge is 0.378 e. The van der Waals surface area contributed by atoms with Gasteiger partial charge in [-0.05, 0) is 29.5 Å². The number of fused-ring (bicyclic) bond motifs is 2. The second kappa shape index (κ2) is 6.45. The Morgan fingerprint density at radius 3 is 2.56 bits per heavy atom. The van der Waals surface area contributed by atoms with Crippen LogP contribution in [-0.4, -0.2) is 37.1 Å². The molecule has 1 fully saturated rings. The molecule has 0 bridgehead atoms. The van der Waals surface area contributed by atoms with Crippen molar-refractivity contribution in [1.82, 2.24) is 4.90 Å². The van der Waals surface area contributed by atoms with E-state index in [2.05, 4.69) is 54.0 Å². The average molecular weight is 380 g/mol. The number of carbonyl (C=O) groups is 1. The molecular weight excluding hydrogens is 354 g/mol. The lowest BCUT2D eigenvalue weighted by molar-refractivity contribution is -0.118. The van der Waals surface area contributed by atoms with Crippen molar-refractivity contribution in [2.75, 3.05) is 31.3 Å². The number of Topliss-reactive ketones (excluding diaryl/α,β-unsaturated/α-hetero) is 1. The van der Waals surface area contributed by atoms with Gasteiger partial charge in [0.15, 0.2) is 5.78 Å². The van der Waals surface area contributed by atoms with E-state index in [0.717, 1.165) is 51.8 Å². The van der Waals surface area contributed by atoms with E-state index in [9.17, 15) is 10.1 Å². The van der Waals surface area contributed by atoms with Gasteiger partial charge < -0.3 is 9.80 Å². The number of carbonyl (C=O) groups excluding carboxylic acids is 1. The summed E-state index contributed by atoms with van der Waals surface area (Å²) in [5.41, 5.74) is 4.87. The molecule has 2 heterocycles. The van der Waals surface area contributed by atoms with Gasteiger partial charge >= 0.3 is 0 Å². The van der Waals surface area contributed by atoms with Gasteiger partial charge in [0.25, 0.3) is 0 Å². The SMILES string of the molecule is CN(C)c1ccc(C2C(C#N)=C3SCCN3C3=C2C(=O)CC(C)(C)C3)cc1. The van der Waals surface area contributed by atoms with Crippen LogP contribution in [0, 0.1) is 16.7 Å². The molecule has 0 spiro atoms. The number of nitriles is 1. The number of ketones is 1. The van der Waals surface area contributed by atoms with Crippen LogP contribution in [0.5, 0.6) is 0 Å². The Bertz CT molecular complexity index is 902. The first-order chi connectivity index (χ1) is 12.8. The predicted octanol–water partition coefficient (Wildman–Crippen LogP) is 4.28. The molecule has 1 aromatic carbocycles. The van der Waals surface area contributed by atoms with E-state index >= 15 is 0 Å². The summed E-state index contributed by atoms with van der Waals surface area (Å²) >= 11 is 1.75. The number of hydrogen-bond acceptors (Lipinski definition) is 5. The third-order valence-electron chi connectivity index (χ3n) is 5.69. The Morgan fingerprint density at radius 1 is 1.22 bits per heavy atom. The molecule has 0 radical (unpaired) electrons. The first-order valence-electron chi connectivity index (χ1n) is 9.40. The quantitative estimate of drug-likeness (QED) is 0.768. The standard InChI is InChI=1S/C22H25N3OS/c1-22(2)11-17-20(18(26)12-22)19(14-5-7-15(8-6-14)24(3)4)16(13-23)21-25(17)9-10-27-21/h5-8,19H,9-12H2,1-4H3. The van der Waals surface area contributed by atoms with Crippen molar-refractivity contribution in [3.05, 3.63) is 51.7 Å². The molecule has 5 heteroatoms. The smallest absolute Gasteiger partial charge is 0.162 e. The minimum atomic E-state index is -0.235. The topological polar surface area (TPSA) is 47.3 Å². The summed E-state index contributed by atoms with van der Waals surface area (Å²) in [7, 11) is 4.03. The number of nitrogens with zero attached hydrogens (tertiary/aromatic N) is 3. The van der Waals surface area contributed by atoms with Crippen LogP contribution in [0.15, 0.2) is 46.1 Å². The minimum Gasteiger partial charge on any atom is -0.378 e. The van der Waals surface area contributed by atoms with Gasteiger partial charge in [0, 0.05) is 49.8 Å². The number of benzene rings is 1. The summed E-state index contributed by atoms with van der Waals surface area (Å²) in [4.78, 5) is 17.5. The Labute approximate surface area is 165 Å². The average Bonchev–Trinajstić information content (AvgIpc) is 3.09. The number of anilines is 1. The van der Waals surface area contributed by atoms with E-state index < -0.39 is 0 Å². The summed E-state index contributed by atoms with van der Waals surface area (Å²) in [6.45, 7) is 5.23. The lowest BCUT2D eigenvalue weighted by Gasteiger charge is -2.42. The highest BCUT2D eigenvalue weighted by molar-refractivity contribution is 8.03. The van der Waals surface area contributed by atoms with Crippen molar-refractivity contribution in [3.63, 3.8) is 0 Å². The van der Waals surface area contributed by atoms with E-state index in [1.807, 2.05) is 14.1 Å². The molecule has 1 saturated heterocycles. The van der Waals surface area contributed by atoms with Crippen LogP contribution in [0.1, 0.15) is 38.2 Å². The van der Waals surface area contributed by atoms with Crippen LogP contribution in [0.4, 0.5) is 5.69 Å². The molecule has 3 aliphatic rings. The van der Waals surface area contributed by atoms with E-state index in [1.54, 1.807) is 11.8 Å². The fourth-order valence-electron chi connectivity index (χ4n) is 4.44. The van der Waals surface area contributed by atoms with Crippen molar-refractivity contribution in [1.29, 1.82) is 5.26 Å². The van der Waals surface area contributed by atoms with Gasteiger partial charge in [-0.2, -0.15) is 5.26 Å². The van der Waals surface area contributed by atoms with E-state index in [-0.39, 0.29) is 17.1 Å². The van der Waals surface area contributed by atoms with E-state index in [1.165, 1.54) is 0 Å². The zero-order valence-corrected chi connectivity index (χ0v) is 17.2. The molecule has 1 aliphatic carbocycles. The normalized spacial score (nSPS) is 23.9. The van der Waals surface area contributed by atoms with Crippen molar-refractivity contribution in [3.8, 4) is 6.07 Å². The monoisotopic (exact) mass is 379 g/mol. The molecular formula is C22H25N3OS. The Hall–Kier alpha value is -2.19. The van der Waals surface area contributed by atoms with Gasteiger partial charge in [-0.25, -0.2) is 0 Å². The zero-order chi connectivity index (χ0) is 19.3. The summed E-state index contributed by atoms with van der Waals surface area (Å²) in [5.74, 6) is 0.936. The molecule has 4 nitrogen and oxygen atoms in total. The Kier molecular flexibility index (Phi) is 4.35. The summed E-state index contributed by atoms with van der Waals surface area (Å²) in [6, 6.07) is 10.7. The highest BCUT2D eigenvalue weighted by Crippen LogP contribution is 2.53. The third kappa shape index (κ3) is 2.96. The lowest BCUT2D eigenvalue weighted by Crippen LogP contribution is -2.38. The molecule has 0 N–H and O–H groups in total. The van der Waals surface area contributed by atoms with Crippen molar-refractivity contribution in [2.24, 2.45) is 5.41 Å². The first-order valence-corrected chi connectivity index (χ1v) is 10.4. The predicted molar refractivity (Wildman–Crippen MR) is 110 cm³/mol. The van der Waals surface area contributed by atoms with Gasteiger partial charge in [-0.1, -0.05) is 26.0 Å². The van der Waals surface area contributed by atoms with Crippen LogP contribution in [0.3, 0.4) is 0 Å². The molecule has 2 aliphatic heterocycles. The molecule has 1 atom stereocenters. The molecule has 140 valence electrons. The van der Waals surface area contributed by atoms with Crippen LogP contribution in [0.2, 0.25) is 0 Å². The van der Waals surface area contributed by atoms with Crippen molar-refractivity contribution >= 4 is 23.2 Å². The number of thioether (sulfide) groups is 1.